The van der Waals surface area contributed by atoms with Crippen LogP contribution in [0.4, 0.5) is 0 Å². The van der Waals surface area contributed by atoms with Crippen LogP contribution in [0.25, 0.3) is 0 Å². The van der Waals surface area contributed by atoms with Crippen LogP contribution in [0, 0.1) is 7.14 Å². The molecule has 0 atom stereocenters. The SMILES string of the molecule is CC/C(C)=C/OCCOc1c(I)cc(I)cc1C(=O)OC1(c2ccccc2)CCCCC1. The number of rotatable bonds is 9. The third-order valence-electron chi connectivity index (χ3n) is 5.77. The van der Waals surface area contributed by atoms with Crippen LogP contribution in [-0.4, -0.2) is 19.2 Å². The third-order valence-corrected chi connectivity index (χ3v) is 7.19. The van der Waals surface area contributed by atoms with Crippen LogP contribution < -0.4 is 4.74 Å². The molecule has 0 bridgehead atoms. The summed E-state index contributed by atoms with van der Waals surface area (Å²) in [5.74, 6) is 0.236. The fourth-order valence-electron chi connectivity index (χ4n) is 3.88. The van der Waals surface area contributed by atoms with Gasteiger partial charge in [0.2, 0.25) is 0 Å². The summed E-state index contributed by atoms with van der Waals surface area (Å²) in [5.41, 5.74) is 2.15. The Bertz CT molecular complexity index is 934. The van der Waals surface area contributed by atoms with E-state index in [1.165, 1.54) is 12.0 Å². The third kappa shape index (κ3) is 6.62. The standard InChI is InChI=1S/C26H30I2O4/c1-3-19(2)18-30-14-15-31-24-22(16-21(27)17-23(24)28)25(29)32-26(12-8-5-9-13-26)20-10-6-4-7-11-20/h4,6-7,10-11,16-18H,3,5,8-9,12-15H2,1-2H3/b19-18+. The molecule has 1 fully saturated rings. The van der Waals surface area contributed by atoms with Gasteiger partial charge in [-0.25, -0.2) is 4.79 Å². The Labute approximate surface area is 218 Å². The van der Waals surface area contributed by atoms with E-state index >= 15 is 0 Å². The lowest BCUT2D eigenvalue weighted by atomic mass is 9.79. The maximum atomic E-state index is 13.5. The van der Waals surface area contributed by atoms with E-state index in [1.54, 1.807) is 6.26 Å². The second kappa shape index (κ2) is 12.3. The molecule has 172 valence electrons. The quantitative estimate of drug-likeness (QED) is 0.120. The van der Waals surface area contributed by atoms with Gasteiger partial charge in [-0.15, -0.1) is 0 Å². The molecule has 0 unspecified atom stereocenters. The number of carbonyl (C=O) groups is 1. The molecule has 2 aromatic carbocycles. The van der Waals surface area contributed by atoms with Gasteiger partial charge >= 0.3 is 5.97 Å². The summed E-state index contributed by atoms with van der Waals surface area (Å²) >= 11 is 4.45. The number of halogens is 2. The molecule has 6 heteroatoms. The Morgan fingerprint density at radius 3 is 2.47 bits per heavy atom. The minimum atomic E-state index is -0.577. The molecule has 0 radical (unpaired) electrons. The van der Waals surface area contributed by atoms with Gasteiger partial charge in [-0.1, -0.05) is 43.7 Å². The van der Waals surface area contributed by atoms with E-state index in [0.717, 1.165) is 44.8 Å². The second-order valence-electron chi connectivity index (χ2n) is 8.11. The van der Waals surface area contributed by atoms with Gasteiger partial charge < -0.3 is 14.2 Å². The average molecular weight is 660 g/mol. The minimum absolute atomic E-state index is 0.329. The molecule has 4 nitrogen and oxygen atoms in total. The predicted molar refractivity (Wildman–Crippen MR) is 144 cm³/mol. The highest BCUT2D eigenvalue weighted by atomic mass is 127. The van der Waals surface area contributed by atoms with Gasteiger partial charge in [0.1, 0.15) is 30.1 Å². The van der Waals surface area contributed by atoms with E-state index < -0.39 is 5.60 Å². The Balaban J connectivity index is 1.80. The molecular weight excluding hydrogens is 630 g/mol. The van der Waals surface area contributed by atoms with Gasteiger partial charge in [-0.2, -0.15) is 0 Å². The van der Waals surface area contributed by atoms with Crippen molar-refractivity contribution < 1.29 is 19.0 Å². The van der Waals surface area contributed by atoms with Crippen molar-refractivity contribution in [2.45, 2.75) is 58.0 Å². The molecular formula is C26H30I2O4. The predicted octanol–water partition coefficient (Wildman–Crippen LogP) is 7.62. The van der Waals surface area contributed by atoms with Crippen LogP contribution in [0.5, 0.6) is 5.75 Å². The number of carbonyl (C=O) groups excluding carboxylic acids is 1. The maximum absolute atomic E-state index is 13.5. The van der Waals surface area contributed by atoms with Crippen molar-refractivity contribution in [2.75, 3.05) is 13.2 Å². The first-order chi connectivity index (χ1) is 15.4. The number of esters is 1. The molecule has 0 aromatic heterocycles. The summed E-state index contributed by atoms with van der Waals surface area (Å²) in [5, 5.41) is 0. The summed E-state index contributed by atoms with van der Waals surface area (Å²) < 4.78 is 19.8. The number of hydrogen-bond donors (Lipinski definition) is 0. The minimum Gasteiger partial charge on any atom is -0.498 e. The van der Waals surface area contributed by atoms with Crippen molar-refractivity contribution >= 4 is 51.2 Å². The number of allylic oxidation sites excluding steroid dienone is 1. The van der Waals surface area contributed by atoms with Crippen molar-refractivity contribution in [1.82, 2.24) is 0 Å². The van der Waals surface area contributed by atoms with Crippen molar-refractivity contribution in [3.8, 4) is 5.75 Å². The molecule has 3 rings (SSSR count). The van der Waals surface area contributed by atoms with Crippen molar-refractivity contribution in [3.05, 3.63) is 72.6 Å². The Morgan fingerprint density at radius 2 is 1.78 bits per heavy atom. The van der Waals surface area contributed by atoms with Gasteiger partial charge in [0.05, 0.1) is 9.83 Å². The fourth-order valence-corrected chi connectivity index (χ4v) is 5.88. The lowest BCUT2D eigenvalue weighted by molar-refractivity contribution is -0.0419. The lowest BCUT2D eigenvalue weighted by Gasteiger charge is -2.37. The van der Waals surface area contributed by atoms with Crippen LogP contribution in [0.1, 0.15) is 68.3 Å². The highest BCUT2D eigenvalue weighted by Gasteiger charge is 2.38. The second-order valence-corrected chi connectivity index (χ2v) is 10.5. The van der Waals surface area contributed by atoms with Gasteiger partial charge in [-0.05, 0) is 107 Å². The highest BCUT2D eigenvalue weighted by Crippen LogP contribution is 2.42. The average Bonchev–Trinajstić information content (AvgIpc) is 2.80. The van der Waals surface area contributed by atoms with E-state index in [0.29, 0.717) is 24.5 Å². The molecule has 0 aliphatic heterocycles. The normalized spacial score (nSPS) is 15.8. The molecule has 2 aromatic rings. The van der Waals surface area contributed by atoms with Gasteiger partial charge in [-0.3, -0.25) is 0 Å². The van der Waals surface area contributed by atoms with Crippen LogP contribution in [0.15, 0.2) is 54.3 Å². The first-order valence-electron chi connectivity index (χ1n) is 11.1. The summed E-state index contributed by atoms with van der Waals surface area (Å²) in [4.78, 5) is 13.5. The summed E-state index contributed by atoms with van der Waals surface area (Å²) in [6, 6.07) is 14.0. The van der Waals surface area contributed by atoms with E-state index in [1.807, 2.05) is 37.3 Å². The van der Waals surface area contributed by atoms with Crippen molar-refractivity contribution in [1.29, 1.82) is 0 Å². The molecule has 1 aliphatic carbocycles. The van der Waals surface area contributed by atoms with E-state index in [-0.39, 0.29) is 5.97 Å². The van der Waals surface area contributed by atoms with E-state index in [9.17, 15) is 4.79 Å². The molecule has 0 N–H and O–H groups in total. The van der Waals surface area contributed by atoms with E-state index in [4.69, 9.17) is 14.2 Å². The van der Waals surface area contributed by atoms with Gasteiger partial charge in [0.25, 0.3) is 0 Å². The molecule has 1 saturated carbocycles. The monoisotopic (exact) mass is 660 g/mol. The molecule has 1 aliphatic rings. The molecule has 0 saturated heterocycles. The zero-order valence-corrected chi connectivity index (χ0v) is 23.0. The van der Waals surface area contributed by atoms with Crippen LogP contribution in [0.2, 0.25) is 0 Å². The maximum Gasteiger partial charge on any atom is 0.342 e. The summed E-state index contributed by atoms with van der Waals surface area (Å²) in [7, 11) is 0. The number of ether oxygens (including phenoxy) is 3. The topological polar surface area (TPSA) is 44.8 Å². The summed E-state index contributed by atoms with van der Waals surface area (Å²) in [6.07, 6.45) is 7.69. The lowest BCUT2D eigenvalue weighted by Crippen LogP contribution is -2.35. The van der Waals surface area contributed by atoms with Gasteiger partial charge in [0.15, 0.2) is 0 Å². The van der Waals surface area contributed by atoms with Crippen molar-refractivity contribution in [2.24, 2.45) is 0 Å². The Hall–Kier alpha value is -1.29. The Kier molecular flexibility index (Phi) is 9.70. The highest BCUT2D eigenvalue weighted by molar-refractivity contribution is 14.1. The number of hydrogen-bond acceptors (Lipinski definition) is 4. The number of benzene rings is 2. The fraction of sp³-hybridized carbons (Fsp3) is 0.423. The van der Waals surface area contributed by atoms with Crippen LogP contribution in [0.3, 0.4) is 0 Å². The van der Waals surface area contributed by atoms with Crippen molar-refractivity contribution in [3.63, 3.8) is 0 Å². The molecule has 32 heavy (non-hydrogen) atoms. The molecule has 0 heterocycles. The largest absolute Gasteiger partial charge is 0.498 e. The zero-order valence-electron chi connectivity index (χ0n) is 18.7. The Morgan fingerprint density at radius 1 is 1.06 bits per heavy atom. The molecule has 0 spiro atoms. The van der Waals surface area contributed by atoms with Crippen LogP contribution >= 0.6 is 45.2 Å². The van der Waals surface area contributed by atoms with Crippen LogP contribution in [-0.2, 0) is 15.1 Å². The van der Waals surface area contributed by atoms with Gasteiger partial charge in [0, 0.05) is 3.57 Å². The first kappa shape index (κ1) is 25.3. The molecule has 0 amide bonds. The first-order valence-corrected chi connectivity index (χ1v) is 13.3. The summed E-state index contributed by atoms with van der Waals surface area (Å²) in [6.45, 7) is 4.90. The smallest absolute Gasteiger partial charge is 0.342 e. The van der Waals surface area contributed by atoms with E-state index in [2.05, 4.69) is 64.2 Å². The zero-order chi connectivity index (χ0) is 23.0.